The summed E-state index contributed by atoms with van der Waals surface area (Å²) < 4.78 is 6.07. The molecule has 4 heteroatoms. The third kappa shape index (κ3) is 3.37. The van der Waals surface area contributed by atoms with Crippen molar-refractivity contribution in [2.75, 3.05) is 6.61 Å². The van der Waals surface area contributed by atoms with Crippen LogP contribution in [0.4, 0.5) is 0 Å². The quantitative estimate of drug-likeness (QED) is 0.380. The van der Waals surface area contributed by atoms with Gasteiger partial charge in [-0.05, 0) is 19.1 Å². The zero-order valence-corrected chi connectivity index (χ0v) is 10.7. The molecule has 0 aromatic heterocycles. The largest absolute Gasteiger partial charge is 0.623 e. The minimum Gasteiger partial charge on any atom is -0.623 e. The second kappa shape index (κ2) is 5.08. The number of ether oxygens (including phenoxy) is 1. The smallest absolute Gasteiger partial charge is 0.186 e. The predicted molar refractivity (Wildman–Crippen MR) is 67.8 cm³/mol. The third-order valence-corrected chi connectivity index (χ3v) is 2.25. The molecule has 0 saturated carbocycles. The highest BCUT2D eigenvalue weighted by Gasteiger charge is 2.19. The first-order chi connectivity index (χ1) is 7.86. The van der Waals surface area contributed by atoms with Gasteiger partial charge in [-0.1, -0.05) is 6.07 Å². The van der Waals surface area contributed by atoms with E-state index in [1.54, 1.807) is 39.0 Å². The number of nitrogens with zero attached hydrogens (tertiary/aromatic N) is 1. The minimum absolute atomic E-state index is 0.000509. The van der Waals surface area contributed by atoms with Crippen molar-refractivity contribution in [2.45, 2.75) is 33.2 Å². The van der Waals surface area contributed by atoms with Gasteiger partial charge >= 0.3 is 0 Å². The molecule has 0 aliphatic heterocycles. The Morgan fingerprint density at radius 3 is 2.59 bits per heavy atom. The van der Waals surface area contributed by atoms with E-state index in [0.29, 0.717) is 17.9 Å². The van der Waals surface area contributed by atoms with Crippen molar-refractivity contribution in [2.24, 2.45) is 0 Å². The lowest BCUT2D eigenvalue weighted by Crippen LogP contribution is -2.29. The van der Waals surface area contributed by atoms with Gasteiger partial charge in [0.1, 0.15) is 0 Å². The van der Waals surface area contributed by atoms with Crippen LogP contribution in [-0.4, -0.2) is 28.2 Å². The second-order valence-electron chi connectivity index (χ2n) is 4.75. The van der Waals surface area contributed by atoms with Crippen LogP contribution in [0.5, 0.6) is 11.5 Å². The van der Waals surface area contributed by atoms with Crippen LogP contribution in [0.3, 0.4) is 0 Å². The number of hydroxylamine groups is 1. The number of hydrogen-bond acceptors (Lipinski definition) is 3. The van der Waals surface area contributed by atoms with E-state index < -0.39 is 5.54 Å². The highest BCUT2D eigenvalue weighted by Crippen LogP contribution is 2.28. The summed E-state index contributed by atoms with van der Waals surface area (Å²) in [6.45, 7) is 7.72. The van der Waals surface area contributed by atoms with Crippen molar-refractivity contribution in [1.82, 2.24) is 0 Å². The van der Waals surface area contributed by atoms with Gasteiger partial charge in [0.2, 0.25) is 0 Å². The van der Waals surface area contributed by atoms with Crippen LogP contribution >= 0.6 is 0 Å². The number of para-hydroxylation sites is 1. The maximum absolute atomic E-state index is 11.8. The van der Waals surface area contributed by atoms with Crippen LogP contribution in [0.25, 0.3) is 0 Å². The molecular formula is C13H19NO3. The van der Waals surface area contributed by atoms with E-state index in [9.17, 15) is 10.3 Å². The van der Waals surface area contributed by atoms with Crippen LogP contribution in [0, 0.1) is 5.21 Å². The average molecular weight is 237 g/mol. The Kier molecular flexibility index (Phi) is 3.99. The Morgan fingerprint density at radius 2 is 2.06 bits per heavy atom. The Labute approximate surface area is 102 Å². The van der Waals surface area contributed by atoms with Crippen molar-refractivity contribution in [3.8, 4) is 11.5 Å². The number of rotatable bonds is 3. The molecule has 0 saturated heterocycles. The summed E-state index contributed by atoms with van der Waals surface area (Å²) in [6.07, 6.45) is 1.37. The molecule has 0 radical (unpaired) electrons. The zero-order chi connectivity index (χ0) is 13.1. The minimum atomic E-state index is -0.534. The lowest BCUT2D eigenvalue weighted by atomic mass is 10.1. The maximum atomic E-state index is 11.8. The molecule has 0 aliphatic rings. The second-order valence-corrected chi connectivity index (χ2v) is 4.75. The van der Waals surface area contributed by atoms with Gasteiger partial charge < -0.3 is 15.1 Å². The lowest BCUT2D eigenvalue weighted by Gasteiger charge is -2.19. The number of benzene rings is 1. The normalized spacial score (nSPS) is 12.6. The van der Waals surface area contributed by atoms with Gasteiger partial charge in [0, 0.05) is 20.8 Å². The summed E-state index contributed by atoms with van der Waals surface area (Å²) in [6, 6.07) is 5.09. The first-order valence-corrected chi connectivity index (χ1v) is 5.62. The van der Waals surface area contributed by atoms with Crippen molar-refractivity contribution in [3.05, 3.63) is 29.0 Å². The average Bonchev–Trinajstić information content (AvgIpc) is 2.22. The first-order valence-electron chi connectivity index (χ1n) is 5.62. The van der Waals surface area contributed by atoms with E-state index in [1.807, 2.05) is 6.92 Å². The molecule has 0 unspecified atom stereocenters. The lowest BCUT2D eigenvalue weighted by molar-refractivity contribution is -0.530. The number of phenols is 1. The molecule has 4 nitrogen and oxygen atoms in total. The molecule has 0 bridgehead atoms. The Hall–Kier alpha value is -1.71. The van der Waals surface area contributed by atoms with Gasteiger partial charge in [-0.15, -0.1) is 0 Å². The van der Waals surface area contributed by atoms with Crippen molar-refractivity contribution in [3.63, 3.8) is 0 Å². The summed E-state index contributed by atoms with van der Waals surface area (Å²) in [5.74, 6) is 0.392. The first kappa shape index (κ1) is 13.4. The molecule has 94 valence electrons. The van der Waals surface area contributed by atoms with Crippen LogP contribution in [-0.2, 0) is 0 Å². The van der Waals surface area contributed by atoms with E-state index in [2.05, 4.69) is 0 Å². The summed E-state index contributed by atoms with van der Waals surface area (Å²) in [5.41, 5.74) is -0.0745. The van der Waals surface area contributed by atoms with E-state index in [-0.39, 0.29) is 5.75 Å². The van der Waals surface area contributed by atoms with Gasteiger partial charge in [0.05, 0.1) is 12.2 Å². The molecule has 0 amide bonds. The van der Waals surface area contributed by atoms with E-state index in [1.165, 1.54) is 6.21 Å². The number of aromatic hydroxyl groups is 1. The fourth-order valence-corrected chi connectivity index (χ4v) is 1.24. The van der Waals surface area contributed by atoms with Crippen LogP contribution in [0.15, 0.2) is 18.2 Å². The highest BCUT2D eigenvalue weighted by atomic mass is 16.5. The third-order valence-electron chi connectivity index (χ3n) is 2.25. The van der Waals surface area contributed by atoms with E-state index >= 15 is 0 Å². The number of phenolic OH excluding ortho intramolecular Hbond substituents is 1. The maximum Gasteiger partial charge on any atom is 0.186 e. The molecule has 0 atom stereocenters. The van der Waals surface area contributed by atoms with Gasteiger partial charge in [-0.3, -0.25) is 0 Å². The van der Waals surface area contributed by atoms with Gasteiger partial charge in [-0.25, -0.2) is 4.74 Å². The van der Waals surface area contributed by atoms with Crippen molar-refractivity contribution in [1.29, 1.82) is 0 Å². The van der Waals surface area contributed by atoms with Gasteiger partial charge in [0.25, 0.3) is 0 Å². The highest BCUT2D eigenvalue weighted by molar-refractivity contribution is 5.81. The van der Waals surface area contributed by atoms with E-state index in [0.717, 1.165) is 4.74 Å². The Bertz CT molecular complexity index is 419. The fourth-order valence-electron chi connectivity index (χ4n) is 1.24. The molecule has 0 aliphatic carbocycles. The number of hydrogen-bond donors (Lipinski definition) is 1. The van der Waals surface area contributed by atoms with Gasteiger partial charge in [0.15, 0.2) is 23.3 Å². The van der Waals surface area contributed by atoms with Gasteiger partial charge in [-0.2, -0.15) is 0 Å². The van der Waals surface area contributed by atoms with Crippen LogP contribution < -0.4 is 4.74 Å². The molecule has 0 fully saturated rings. The molecule has 1 aromatic carbocycles. The Morgan fingerprint density at radius 1 is 1.41 bits per heavy atom. The summed E-state index contributed by atoms with van der Waals surface area (Å²) in [4.78, 5) is 0. The zero-order valence-electron chi connectivity index (χ0n) is 10.7. The molecule has 17 heavy (non-hydrogen) atoms. The molecule has 0 heterocycles. The molecule has 1 N–H and O–H groups in total. The Balaban J connectivity index is 3.12. The fraction of sp³-hybridized carbons (Fsp3) is 0.462. The predicted octanol–water partition coefficient (Wildman–Crippen LogP) is 2.52. The van der Waals surface area contributed by atoms with Crippen molar-refractivity contribution >= 4 is 6.21 Å². The summed E-state index contributed by atoms with van der Waals surface area (Å²) in [5, 5.41) is 21.7. The van der Waals surface area contributed by atoms with Crippen LogP contribution in [0.2, 0.25) is 0 Å². The monoisotopic (exact) mass is 237 g/mol. The molecule has 1 aromatic rings. The SMILES string of the molecule is CCOc1cccc(C=[N+]([O-])C(C)(C)C)c1O. The van der Waals surface area contributed by atoms with Crippen molar-refractivity contribution < 1.29 is 14.6 Å². The molecular weight excluding hydrogens is 218 g/mol. The molecule has 0 spiro atoms. The molecule has 1 rings (SSSR count). The summed E-state index contributed by atoms with van der Waals surface area (Å²) in [7, 11) is 0. The van der Waals surface area contributed by atoms with E-state index in [4.69, 9.17) is 4.74 Å². The van der Waals surface area contributed by atoms with Crippen LogP contribution in [0.1, 0.15) is 33.3 Å². The summed E-state index contributed by atoms with van der Waals surface area (Å²) >= 11 is 0. The standard InChI is InChI=1S/C13H19NO3/c1-5-17-11-8-6-7-10(12(11)15)9-14(16)13(2,3)4/h6-9,15H,5H2,1-4H3. The topological polar surface area (TPSA) is 55.5 Å².